The average molecular weight is 415 g/mol. The van der Waals surface area contributed by atoms with Crippen molar-refractivity contribution in [2.24, 2.45) is 0 Å². The Labute approximate surface area is 171 Å². The molecule has 3 aromatic rings. The first kappa shape index (κ1) is 20.6. The molecule has 29 heavy (non-hydrogen) atoms. The van der Waals surface area contributed by atoms with Crippen LogP contribution in [-0.4, -0.2) is 53.9 Å². The number of Topliss-reactive ketones (excluding diaryl/α,β-unsaturated/α-hetero) is 1. The van der Waals surface area contributed by atoms with Gasteiger partial charge in [0.1, 0.15) is 5.75 Å². The van der Waals surface area contributed by atoms with Gasteiger partial charge >= 0.3 is 5.97 Å². The summed E-state index contributed by atoms with van der Waals surface area (Å²) in [6.07, 6.45) is 0. The second-order valence-electron chi connectivity index (χ2n) is 6.36. The minimum atomic E-state index is -0.510. The lowest BCUT2D eigenvalue weighted by molar-refractivity contribution is 0.0525. The van der Waals surface area contributed by atoms with Gasteiger partial charge in [-0.2, -0.15) is 4.68 Å². The second-order valence-corrected chi connectivity index (χ2v) is 7.67. The van der Waals surface area contributed by atoms with Crippen molar-refractivity contribution in [3.8, 4) is 11.4 Å². The SMILES string of the molecule is CCOC(=O)c1c(C)[nH]c(C(=O)[C@H](C)Sc2nnnn2-c2ccc(O)cc2)c1C. The van der Waals surface area contributed by atoms with E-state index in [0.717, 1.165) is 0 Å². The lowest BCUT2D eigenvalue weighted by Crippen LogP contribution is -2.16. The Kier molecular flexibility index (Phi) is 6.02. The van der Waals surface area contributed by atoms with Gasteiger partial charge in [0.25, 0.3) is 0 Å². The van der Waals surface area contributed by atoms with E-state index >= 15 is 0 Å². The lowest BCUT2D eigenvalue weighted by atomic mass is 10.1. The number of nitrogens with zero attached hydrogens (tertiary/aromatic N) is 4. The molecule has 0 aliphatic carbocycles. The number of hydrogen-bond acceptors (Lipinski definition) is 8. The highest BCUT2D eigenvalue weighted by Crippen LogP contribution is 2.28. The summed E-state index contributed by atoms with van der Waals surface area (Å²) in [7, 11) is 0. The topological polar surface area (TPSA) is 123 Å². The zero-order valence-corrected chi connectivity index (χ0v) is 17.3. The van der Waals surface area contributed by atoms with Gasteiger partial charge in [-0.25, -0.2) is 4.79 Å². The van der Waals surface area contributed by atoms with Crippen molar-refractivity contribution in [1.82, 2.24) is 25.2 Å². The van der Waals surface area contributed by atoms with E-state index in [1.54, 1.807) is 39.8 Å². The van der Waals surface area contributed by atoms with Crippen LogP contribution in [0.15, 0.2) is 29.4 Å². The maximum absolute atomic E-state index is 13.0. The molecule has 2 heterocycles. The Hall–Kier alpha value is -3.14. The maximum Gasteiger partial charge on any atom is 0.340 e. The number of benzene rings is 1. The standard InChI is InChI=1S/C19H21N5O4S/c1-5-28-18(27)15-10(2)16(20-11(15)3)17(26)12(4)29-19-21-22-23-24(19)13-6-8-14(25)9-7-13/h6-9,12,20,25H,5H2,1-4H3/t12-/m0/s1. The smallest absolute Gasteiger partial charge is 0.340 e. The number of ether oxygens (including phenoxy) is 1. The number of aromatic amines is 1. The highest BCUT2D eigenvalue weighted by atomic mass is 32.2. The molecule has 0 amide bonds. The van der Waals surface area contributed by atoms with Gasteiger partial charge in [-0.1, -0.05) is 11.8 Å². The summed E-state index contributed by atoms with van der Waals surface area (Å²) in [6, 6.07) is 6.41. The van der Waals surface area contributed by atoms with E-state index in [2.05, 4.69) is 20.5 Å². The summed E-state index contributed by atoms with van der Waals surface area (Å²) in [6.45, 7) is 7.21. The maximum atomic E-state index is 13.0. The van der Waals surface area contributed by atoms with Gasteiger partial charge in [-0.3, -0.25) is 4.79 Å². The fraction of sp³-hybridized carbons (Fsp3) is 0.316. The molecule has 0 aliphatic heterocycles. The van der Waals surface area contributed by atoms with Crippen molar-refractivity contribution >= 4 is 23.5 Å². The van der Waals surface area contributed by atoms with E-state index < -0.39 is 11.2 Å². The number of aromatic hydroxyl groups is 1. The molecule has 0 unspecified atom stereocenters. The van der Waals surface area contributed by atoms with Crippen LogP contribution in [0.1, 0.15) is 46.0 Å². The third kappa shape index (κ3) is 4.16. The zero-order valence-electron chi connectivity index (χ0n) is 16.5. The molecule has 0 bridgehead atoms. The van der Waals surface area contributed by atoms with Crippen LogP contribution in [0.5, 0.6) is 5.75 Å². The molecule has 0 fully saturated rings. The number of phenolic OH excluding ortho intramolecular Hbond substituents is 1. The summed E-state index contributed by atoms with van der Waals surface area (Å²) in [5, 5.41) is 21.0. The molecule has 0 radical (unpaired) electrons. The predicted molar refractivity (Wildman–Crippen MR) is 107 cm³/mol. The molecule has 0 spiro atoms. The van der Waals surface area contributed by atoms with Gasteiger partial charge in [-0.15, -0.1) is 5.10 Å². The first-order chi connectivity index (χ1) is 13.8. The summed E-state index contributed by atoms with van der Waals surface area (Å²) in [5.74, 6) is -0.490. The number of tetrazole rings is 1. The average Bonchev–Trinajstić information content (AvgIpc) is 3.26. The van der Waals surface area contributed by atoms with E-state index in [4.69, 9.17) is 4.74 Å². The number of H-pyrrole nitrogens is 1. The number of aromatic nitrogens is 5. The molecule has 0 aliphatic rings. The van der Waals surface area contributed by atoms with E-state index in [0.29, 0.717) is 33.4 Å². The summed E-state index contributed by atoms with van der Waals surface area (Å²) in [4.78, 5) is 28.2. The quantitative estimate of drug-likeness (QED) is 0.343. The Morgan fingerprint density at radius 2 is 1.97 bits per heavy atom. The molecule has 1 aromatic carbocycles. The highest BCUT2D eigenvalue weighted by molar-refractivity contribution is 8.00. The van der Waals surface area contributed by atoms with Crippen molar-refractivity contribution in [2.75, 3.05) is 6.61 Å². The number of thioether (sulfide) groups is 1. The van der Waals surface area contributed by atoms with Crippen LogP contribution in [0, 0.1) is 13.8 Å². The molecule has 10 heteroatoms. The van der Waals surface area contributed by atoms with Crippen LogP contribution in [0.2, 0.25) is 0 Å². The minimum Gasteiger partial charge on any atom is -0.508 e. The van der Waals surface area contributed by atoms with E-state index in [1.165, 1.54) is 28.6 Å². The molecule has 0 saturated carbocycles. The number of carbonyl (C=O) groups excluding carboxylic acids is 2. The van der Waals surface area contributed by atoms with Crippen molar-refractivity contribution in [2.45, 2.75) is 38.1 Å². The number of carbonyl (C=O) groups is 2. The van der Waals surface area contributed by atoms with Crippen LogP contribution in [0.3, 0.4) is 0 Å². The van der Waals surface area contributed by atoms with Gasteiger partial charge in [-0.05, 0) is 68.0 Å². The number of rotatable bonds is 7. The second kappa shape index (κ2) is 8.48. The van der Waals surface area contributed by atoms with E-state index in [9.17, 15) is 14.7 Å². The number of esters is 1. The van der Waals surface area contributed by atoms with Gasteiger partial charge in [0.2, 0.25) is 5.16 Å². The van der Waals surface area contributed by atoms with Crippen molar-refractivity contribution in [3.63, 3.8) is 0 Å². The first-order valence-electron chi connectivity index (χ1n) is 8.98. The van der Waals surface area contributed by atoms with Gasteiger partial charge in [0.15, 0.2) is 5.78 Å². The van der Waals surface area contributed by atoms with Crippen LogP contribution < -0.4 is 0 Å². The summed E-state index contributed by atoms with van der Waals surface area (Å²) < 4.78 is 6.57. The Balaban J connectivity index is 1.83. The van der Waals surface area contributed by atoms with Crippen molar-refractivity contribution in [3.05, 3.63) is 46.8 Å². The molecule has 2 N–H and O–H groups in total. The largest absolute Gasteiger partial charge is 0.508 e. The summed E-state index contributed by atoms with van der Waals surface area (Å²) >= 11 is 1.20. The first-order valence-corrected chi connectivity index (χ1v) is 9.86. The molecular formula is C19H21N5O4S. The molecule has 152 valence electrons. The van der Waals surface area contributed by atoms with Crippen LogP contribution in [-0.2, 0) is 4.74 Å². The van der Waals surface area contributed by atoms with Gasteiger partial charge in [0, 0.05) is 5.69 Å². The Bertz CT molecular complexity index is 1040. The lowest BCUT2D eigenvalue weighted by Gasteiger charge is -2.10. The van der Waals surface area contributed by atoms with Crippen LogP contribution in [0.4, 0.5) is 0 Å². The molecule has 0 saturated heterocycles. The molecule has 3 rings (SSSR count). The number of ketones is 1. The normalized spacial score (nSPS) is 12.0. The van der Waals surface area contributed by atoms with Gasteiger partial charge < -0.3 is 14.8 Å². The molecule has 1 atom stereocenters. The minimum absolute atomic E-state index is 0.134. The van der Waals surface area contributed by atoms with Crippen molar-refractivity contribution in [1.29, 1.82) is 0 Å². The van der Waals surface area contributed by atoms with E-state index in [1.807, 2.05) is 0 Å². The number of hydrogen-bond donors (Lipinski definition) is 2. The molecule has 2 aromatic heterocycles. The fourth-order valence-corrected chi connectivity index (χ4v) is 3.80. The molecule has 9 nitrogen and oxygen atoms in total. The number of nitrogens with one attached hydrogen (secondary N) is 1. The van der Waals surface area contributed by atoms with E-state index in [-0.39, 0.29) is 18.1 Å². The Morgan fingerprint density at radius 3 is 2.62 bits per heavy atom. The highest BCUT2D eigenvalue weighted by Gasteiger charge is 2.27. The molecular weight excluding hydrogens is 394 g/mol. The van der Waals surface area contributed by atoms with Crippen LogP contribution in [0.25, 0.3) is 5.69 Å². The third-order valence-corrected chi connectivity index (χ3v) is 5.38. The van der Waals surface area contributed by atoms with Gasteiger partial charge in [0.05, 0.1) is 28.8 Å². The Morgan fingerprint density at radius 1 is 1.28 bits per heavy atom. The fourth-order valence-electron chi connectivity index (χ4n) is 2.93. The van der Waals surface area contributed by atoms with Crippen molar-refractivity contribution < 1.29 is 19.4 Å². The zero-order chi connectivity index (χ0) is 21.1. The number of phenols is 1. The third-order valence-electron chi connectivity index (χ3n) is 4.35. The number of aryl methyl sites for hydroxylation is 1. The predicted octanol–water partition coefficient (Wildman–Crippen LogP) is 2.85. The monoisotopic (exact) mass is 415 g/mol. The van der Waals surface area contributed by atoms with Crippen LogP contribution >= 0.6 is 11.8 Å². The summed E-state index contributed by atoms with van der Waals surface area (Å²) in [5.41, 5.74) is 2.58.